The summed E-state index contributed by atoms with van der Waals surface area (Å²) in [5.41, 5.74) is 8.19. The van der Waals surface area contributed by atoms with E-state index in [2.05, 4.69) is 0 Å². The highest BCUT2D eigenvalue weighted by Crippen LogP contribution is 2.27. The third-order valence-corrected chi connectivity index (χ3v) is 3.71. The average Bonchev–Trinajstić information content (AvgIpc) is 2.53. The highest BCUT2D eigenvalue weighted by molar-refractivity contribution is 6.33. The quantitative estimate of drug-likeness (QED) is 0.454. The van der Waals surface area contributed by atoms with E-state index in [0.29, 0.717) is 27.4 Å². The van der Waals surface area contributed by atoms with Crippen molar-refractivity contribution in [1.82, 2.24) is 0 Å². The molecule has 0 atom stereocenters. The molecule has 0 spiro atoms. The van der Waals surface area contributed by atoms with Gasteiger partial charge in [-0.3, -0.25) is 10.1 Å². The molecule has 0 saturated heterocycles. The van der Waals surface area contributed by atoms with Gasteiger partial charge in [0.2, 0.25) is 0 Å². The summed E-state index contributed by atoms with van der Waals surface area (Å²) in [5.74, 6) is 0. The largest absolute Gasteiger partial charge is 0.398 e. The number of nitrogens with zero attached hydrogens (tertiary/aromatic N) is 3. The van der Waals surface area contributed by atoms with Gasteiger partial charge in [-0.25, -0.2) is 0 Å². The molecule has 0 bridgehead atoms. The minimum atomic E-state index is -0.573. The van der Waals surface area contributed by atoms with Crippen molar-refractivity contribution in [2.75, 3.05) is 5.73 Å². The van der Waals surface area contributed by atoms with Crippen molar-refractivity contribution in [2.24, 2.45) is 0 Å². The Morgan fingerprint density at radius 2 is 1.46 bits per heavy atom. The first-order valence-electron chi connectivity index (χ1n) is 6.51. The van der Waals surface area contributed by atoms with E-state index < -0.39 is 4.92 Å². The van der Waals surface area contributed by atoms with Crippen LogP contribution in [0, 0.1) is 46.6 Å². The minimum Gasteiger partial charge on any atom is -0.398 e. The van der Waals surface area contributed by atoms with Crippen LogP contribution in [0.1, 0.15) is 22.3 Å². The van der Waals surface area contributed by atoms with Gasteiger partial charge in [0.25, 0.3) is 5.69 Å². The molecule has 8 heteroatoms. The van der Waals surface area contributed by atoms with E-state index in [0.717, 1.165) is 5.56 Å². The molecule has 0 saturated carbocycles. The van der Waals surface area contributed by atoms with E-state index in [1.807, 2.05) is 19.1 Å². The van der Waals surface area contributed by atoms with Crippen LogP contribution in [0.25, 0.3) is 0 Å². The van der Waals surface area contributed by atoms with E-state index in [1.54, 1.807) is 19.1 Å². The first kappa shape index (κ1) is 19.2. The summed E-state index contributed by atoms with van der Waals surface area (Å²) < 4.78 is 0. The first-order chi connectivity index (χ1) is 11.2. The Balaban J connectivity index is 0.000000243. The number of aryl methyl sites for hydroxylation is 2. The number of anilines is 1. The second kappa shape index (κ2) is 8.16. The van der Waals surface area contributed by atoms with Gasteiger partial charge >= 0.3 is 0 Å². The molecule has 6 nitrogen and oxygen atoms in total. The molecule has 24 heavy (non-hydrogen) atoms. The number of rotatable bonds is 1. The monoisotopic (exact) mass is 362 g/mol. The predicted molar refractivity (Wildman–Crippen MR) is 92.9 cm³/mol. The lowest BCUT2D eigenvalue weighted by atomic mass is 10.1. The molecule has 0 aliphatic heterocycles. The Morgan fingerprint density at radius 3 is 1.92 bits per heavy atom. The lowest BCUT2D eigenvalue weighted by Gasteiger charge is -2.00. The molecule has 0 aromatic heterocycles. The topological polar surface area (TPSA) is 117 Å². The second-order valence-electron chi connectivity index (χ2n) is 4.79. The standard InChI is InChI=1S/C8H5ClN2O2.C8H7ClN2/c1-5-2-8(11(12)13)7(9)3-6(5)4-10;1-5-2-8(11)7(9)3-6(5)4-10/h2-3H,1H3;2-3H,11H2,1H3. The molecular weight excluding hydrogens is 351 g/mol. The van der Waals surface area contributed by atoms with E-state index in [1.165, 1.54) is 12.1 Å². The zero-order chi connectivity index (χ0) is 18.4. The summed E-state index contributed by atoms with van der Waals surface area (Å²) in [4.78, 5) is 9.84. The van der Waals surface area contributed by atoms with Crippen LogP contribution in [0.3, 0.4) is 0 Å². The van der Waals surface area contributed by atoms with Crippen molar-refractivity contribution in [3.05, 3.63) is 66.7 Å². The van der Waals surface area contributed by atoms with Gasteiger partial charge in [-0.2, -0.15) is 10.5 Å². The maximum Gasteiger partial charge on any atom is 0.288 e. The van der Waals surface area contributed by atoms with Crippen molar-refractivity contribution < 1.29 is 4.92 Å². The number of nitro benzene ring substituents is 1. The smallest absolute Gasteiger partial charge is 0.288 e. The van der Waals surface area contributed by atoms with Gasteiger partial charge in [0, 0.05) is 6.07 Å². The van der Waals surface area contributed by atoms with Crippen LogP contribution < -0.4 is 5.73 Å². The van der Waals surface area contributed by atoms with E-state index in [4.69, 9.17) is 39.5 Å². The normalized spacial score (nSPS) is 9.25. The van der Waals surface area contributed by atoms with Crippen LogP contribution in [-0.2, 0) is 0 Å². The maximum atomic E-state index is 10.4. The Kier molecular flexibility index (Phi) is 6.55. The van der Waals surface area contributed by atoms with E-state index in [-0.39, 0.29) is 10.7 Å². The Labute approximate surface area is 148 Å². The Morgan fingerprint density at radius 1 is 1.00 bits per heavy atom. The summed E-state index contributed by atoms with van der Waals surface area (Å²) in [7, 11) is 0. The third-order valence-electron chi connectivity index (χ3n) is 3.08. The van der Waals surface area contributed by atoms with Crippen molar-refractivity contribution >= 4 is 34.6 Å². The molecule has 2 rings (SSSR count). The first-order valence-corrected chi connectivity index (χ1v) is 7.27. The van der Waals surface area contributed by atoms with Crippen LogP contribution in [-0.4, -0.2) is 4.92 Å². The predicted octanol–water partition coefficient (Wildman–Crippen LogP) is 4.53. The molecule has 0 aliphatic rings. The van der Waals surface area contributed by atoms with Crippen molar-refractivity contribution in [3.8, 4) is 12.1 Å². The number of nitrogen functional groups attached to an aromatic ring is 1. The zero-order valence-corrected chi connectivity index (χ0v) is 14.3. The molecule has 122 valence electrons. The van der Waals surface area contributed by atoms with Crippen LogP contribution in [0.2, 0.25) is 10.0 Å². The number of nitriles is 2. The molecule has 0 radical (unpaired) electrons. The number of nitrogens with two attached hydrogens (primary N) is 1. The Hall–Kier alpha value is -2.80. The Bertz CT molecular complexity index is 883. The average molecular weight is 363 g/mol. The van der Waals surface area contributed by atoms with Crippen molar-refractivity contribution in [2.45, 2.75) is 13.8 Å². The molecule has 0 heterocycles. The van der Waals surface area contributed by atoms with Crippen LogP contribution in [0.4, 0.5) is 11.4 Å². The fourth-order valence-corrected chi connectivity index (χ4v) is 2.15. The second-order valence-corrected chi connectivity index (χ2v) is 5.60. The van der Waals surface area contributed by atoms with Gasteiger partial charge in [-0.1, -0.05) is 23.2 Å². The molecule has 2 aromatic carbocycles. The molecule has 2 N–H and O–H groups in total. The van der Waals surface area contributed by atoms with E-state index in [9.17, 15) is 10.1 Å². The summed E-state index contributed by atoms with van der Waals surface area (Å²) >= 11 is 11.3. The maximum absolute atomic E-state index is 10.4. The van der Waals surface area contributed by atoms with Gasteiger partial charge in [-0.05, 0) is 43.2 Å². The summed E-state index contributed by atoms with van der Waals surface area (Å²) in [5, 5.41) is 28.0. The zero-order valence-electron chi connectivity index (χ0n) is 12.8. The molecule has 0 fully saturated rings. The SMILES string of the molecule is Cc1cc(N)c(Cl)cc1C#N.Cc1cc([N+](=O)[O-])c(Cl)cc1C#N. The minimum absolute atomic E-state index is 0.00727. The molecule has 0 amide bonds. The fourth-order valence-electron chi connectivity index (χ4n) is 1.75. The van der Waals surface area contributed by atoms with E-state index >= 15 is 0 Å². The van der Waals surface area contributed by atoms with Crippen molar-refractivity contribution in [3.63, 3.8) is 0 Å². The third kappa shape index (κ3) is 4.60. The van der Waals surface area contributed by atoms with Crippen LogP contribution in [0.5, 0.6) is 0 Å². The van der Waals surface area contributed by atoms with Crippen molar-refractivity contribution in [1.29, 1.82) is 10.5 Å². The number of hydrogen-bond donors (Lipinski definition) is 1. The van der Waals surface area contributed by atoms with Gasteiger partial charge in [0.1, 0.15) is 5.02 Å². The molecular formula is C16H12Cl2N4O2. The lowest BCUT2D eigenvalue weighted by molar-refractivity contribution is -0.384. The number of hydrogen-bond acceptors (Lipinski definition) is 5. The molecule has 2 aromatic rings. The van der Waals surface area contributed by atoms with Crippen LogP contribution in [0.15, 0.2) is 24.3 Å². The molecule has 0 aliphatic carbocycles. The molecule has 0 unspecified atom stereocenters. The van der Waals surface area contributed by atoms with Gasteiger partial charge < -0.3 is 5.73 Å². The fraction of sp³-hybridized carbons (Fsp3) is 0.125. The van der Waals surface area contributed by atoms with Gasteiger partial charge in [0.15, 0.2) is 0 Å². The van der Waals surface area contributed by atoms with Crippen LogP contribution >= 0.6 is 23.2 Å². The summed E-state index contributed by atoms with van der Waals surface area (Å²) in [6.07, 6.45) is 0. The number of nitro groups is 1. The lowest BCUT2D eigenvalue weighted by Crippen LogP contribution is -1.92. The van der Waals surface area contributed by atoms with Gasteiger partial charge in [-0.15, -0.1) is 0 Å². The van der Waals surface area contributed by atoms with Gasteiger partial charge in [0.05, 0.1) is 38.9 Å². The highest BCUT2D eigenvalue weighted by Gasteiger charge is 2.14. The highest BCUT2D eigenvalue weighted by atomic mass is 35.5. The number of halogens is 2. The number of benzene rings is 2. The summed E-state index contributed by atoms with van der Waals surface area (Å²) in [6.45, 7) is 3.45. The summed E-state index contributed by atoms with van der Waals surface area (Å²) in [6, 6.07) is 9.78.